The van der Waals surface area contributed by atoms with Crippen LogP contribution in [0.1, 0.15) is 32.6 Å². The lowest BCUT2D eigenvalue weighted by molar-refractivity contribution is -0.121. The molecule has 0 aromatic carbocycles. The molecule has 0 unspecified atom stereocenters. The number of carbonyl (C=O) groups excluding carboxylic acids is 1. The molecule has 1 amide bonds. The number of hydrogen-bond donors (Lipinski definition) is 1. The van der Waals surface area contributed by atoms with Crippen molar-refractivity contribution in [1.29, 1.82) is 0 Å². The molecule has 1 aliphatic carbocycles. The molecule has 11 heavy (non-hydrogen) atoms. The van der Waals surface area contributed by atoms with Crippen molar-refractivity contribution in [2.45, 2.75) is 38.6 Å². The van der Waals surface area contributed by atoms with E-state index in [1.54, 1.807) is 0 Å². The van der Waals surface area contributed by atoms with Crippen molar-refractivity contribution < 1.29 is 4.79 Å². The van der Waals surface area contributed by atoms with Crippen LogP contribution in [0.15, 0.2) is 12.2 Å². The van der Waals surface area contributed by atoms with Gasteiger partial charge in [-0.3, -0.25) is 4.79 Å². The SMILES string of the molecule is CCCC(=O)NC1CC=CC1. The monoisotopic (exact) mass is 153 g/mol. The minimum atomic E-state index is 0.196. The third kappa shape index (κ3) is 2.74. The van der Waals surface area contributed by atoms with Crippen molar-refractivity contribution in [1.82, 2.24) is 5.32 Å². The molecular weight excluding hydrogens is 138 g/mol. The second kappa shape index (κ2) is 4.16. The molecular formula is C9H15NO. The van der Waals surface area contributed by atoms with Gasteiger partial charge in [0.05, 0.1) is 0 Å². The molecule has 0 spiro atoms. The van der Waals surface area contributed by atoms with Crippen molar-refractivity contribution in [3.05, 3.63) is 12.2 Å². The first kappa shape index (κ1) is 8.31. The van der Waals surface area contributed by atoms with Crippen LogP contribution < -0.4 is 5.32 Å². The van der Waals surface area contributed by atoms with Crippen LogP contribution in [-0.2, 0) is 4.79 Å². The van der Waals surface area contributed by atoms with Crippen LogP contribution in [0.2, 0.25) is 0 Å². The third-order valence-corrected chi connectivity index (χ3v) is 1.85. The van der Waals surface area contributed by atoms with Crippen LogP contribution in [0, 0.1) is 0 Å². The minimum Gasteiger partial charge on any atom is -0.353 e. The maximum absolute atomic E-state index is 11.1. The number of hydrogen-bond acceptors (Lipinski definition) is 1. The molecule has 1 aliphatic rings. The summed E-state index contributed by atoms with van der Waals surface area (Å²) in [7, 11) is 0. The highest BCUT2D eigenvalue weighted by atomic mass is 16.1. The van der Waals surface area contributed by atoms with Crippen LogP contribution >= 0.6 is 0 Å². The van der Waals surface area contributed by atoms with Gasteiger partial charge in [-0.15, -0.1) is 0 Å². The molecule has 0 aromatic heterocycles. The highest BCUT2D eigenvalue weighted by molar-refractivity contribution is 5.76. The Hall–Kier alpha value is -0.790. The van der Waals surface area contributed by atoms with Gasteiger partial charge >= 0.3 is 0 Å². The smallest absolute Gasteiger partial charge is 0.220 e. The Labute approximate surface area is 67.7 Å². The van der Waals surface area contributed by atoms with Crippen LogP contribution in [0.25, 0.3) is 0 Å². The molecule has 62 valence electrons. The van der Waals surface area contributed by atoms with Crippen LogP contribution in [0.3, 0.4) is 0 Å². The Kier molecular flexibility index (Phi) is 3.14. The maximum atomic E-state index is 11.1. The standard InChI is InChI=1S/C9H15NO/c1-2-5-9(11)10-8-6-3-4-7-8/h3-4,8H,2,5-7H2,1H3,(H,10,11). The summed E-state index contributed by atoms with van der Waals surface area (Å²) in [6.07, 6.45) is 7.86. The summed E-state index contributed by atoms with van der Waals surface area (Å²) in [5.74, 6) is 0.196. The van der Waals surface area contributed by atoms with Gasteiger partial charge in [0.25, 0.3) is 0 Å². The second-order valence-electron chi connectivity index (χ2n) is 2.96. The Morgan fingerprint density at radius 2 is 2.18 bits per heavy atom. The van der Waals surface area contributed by atoms with Crippen molar-refractivity contribution in [3.8, 4) is 0 Å². The first-order valence-electron chi connectivity index (χ1n) is 4.27. The molecule has 0 heterocycles. The number of amides is 1. The van der Waals surface area contributed by atoms with E-state index in [-0.39, 0.29) is 5.91 Å². The van der Waals surface area contributed by atoms with E-state index < -0.39 is 0 Å². The molecule has 0 aliphatic heterocycles. The van der Waals surface area contributed by atoms with E-state index in [0.29, 0.717) is 12.5 Å². The molecule has 0 atom stereocenters. The Balaban J connectivity index is 2.15. The normalized spacial score (nSPS) is 17.2. The lowest BCUT2D eigenvalue weighted by Crippen LogP contribution is -2.32. The van der Waals surface area contributed by atoms with E-state index in [9.17, 15) is 4.79 Å². The van der Waals surface area contributed by atoms with E-state index in [2.05, 4.69) is 17.5 Å². The topological polar surface area (TPSA) is 29.1 Å². The fourth-order valence-electron chi connectivity index (χ4n) is 1.26. The maximum Gasteiger partial charge on any atom is 0.220 e. The summed E-state index contributed by atoms with van der Waals surface area (Å²) in [5.41, 5.74) is 0. The molecule has 0 fully saturated rings. The largest absolute Gasteiger partial charge is 0.353 e. The summed E-state index contributed by atoms with van der Waals surface area (Å²) in [6, 6.07) is 0.383. The predicted octanol–water partition coefficient (Wildman–Crippen LogP) is 1.62. The van der Waals surface area contributed by atoms with Crippen LogP contribution in [0.4, 0.5) is 0 Å². The Bertz CT molecular complexity index is 155. The van der Waals surface area contributed by atoms with Gasteiger partial charge in [-0.1, -0.05) is 19.1 Å². The molecule has 0 aromatic rings. The zero-order chi connectivity index (χ0) is 8.10. The van der Waals surface area contributed by atoms with Crippen molar-refractivity contribution in [2.75, 3.05) is 0 Å². The van der Waals surface area contributed by atoms with Gasteiger partial charge in [-0.25, -0.2) is 0 Å². The van der Waals surface area contributed by atoms with Gasteiger partial charge in [0.1, 0.15) is 0 Å². The van der Waals surface area contributed by atoms with E-state index in [1.807, 2.05) is 6.92 Å². The zero-order valence-electron chi connectivity index (χ0n) is 6.97. The molecule has 2 heteroatoms. The third-order valence-electron chi connectivity index (χ3n) is 1.85. The average molecular weight is 153 g/mol. The lowest BCUT2D eigenvalue weighted by atomic mass is 10.2. The molecule has 1 N–H and O–H groups in total. The van der Waals surface area contributed by atoms with Crippen molar-refractivity contribution >= 4 is 5.91 Å². The first-order chi connectivity index (χ1) is 5.33. The van der Waals surface area contributed by atoms with Gasteiger partial charge in [0.2, 0.25) is 5.91 Å². The highest BCUT2D eigenvalue weighted by Gasteiger charge is 2.11. The van der Waals surface area contributed by atoms with Gasteiger partial charge in [-0.2, -0.15) is 0 Å². The summed E-state index contributed by atoms with van der Waals surface area (Å²) >= 11 is 0. The van der Waals surface area contributed by atoms with Gasteiger partial charge in [0, 0.05) is 12.5 Å². The second-order valence-corrected chi connectivity index (χ2v) is 2.96. The Morgan fingerprint density at radius 1 is 1.55 bits per heavy atom. The summed E-state index contributed by atoms with van der Waals surface area (Å²) in [5, 5.41) is 2.98. The van der Waals surface area contributed by atoms with Gasteiger partial charge in [-0.05, 0) is 19.3 Å². The Morgan fingerprint density at radius 3 is 2.73 bits per heavy atom. The predicted molar refractivity (Wildman–Crippen MR) is 45.2 cm³/mol. The van der Waals surface area contributed by atoms with Crippen molar-refractivity contribution in [3.63, 3.8) is 0 Å². The molecule has 0 bridgehead atoms. The van der Waals surface area contributed by atoms with Gasteiger partial charge < -0.3 is 5.32 Å². The molecule has 0 radical (unpaired) electrons. The van der Waals surface area contributed by atoms with E-state index >= 15 is 0 Å². The lowest BCUT2D eigenvalue weighted by Gasteiger charge is -2.10. The molecule has 2 nitrogen and oxygen atoms in total. The first-order valence-corrected chi connectivity index (χ1v) is 4.27. The number of nitrogens with one attached hydrogen (secondary N) is 1. The quantitative estimate of drug-likeness (QED) is 0.613. The molecule has 0 saturated carbocycles. The average Bonchev–Trinajstić information content (AvgIpc) is 2.40. The fourth-order valence-corrected chi connectivity index (χ4v) is 1.26. The van der Waals surface area contributed by atoms with Gasteiger partial charge in [0.15, 0.2) is 0 Å². The summed E-state index contributed by atoms with van der Waals surface area (Å²) in [4.78, 5) is 11.1. The molecule has 0 saturated heterocycles. The molecule has 1 rings (SSSR count). The van der Waals surface area contributed by atoms with E-state index in [0.717, 1.165) is 19.3 Å². The summed E-state index contributed by atoms with van der Waals surface area (Å²) < 4.78 is 0. The zero-order valence-corrected chi connectivity index (χ0v) is 6.97. The highest BCUT2D eigenvalue weighted by Crippen LogP contribution is 2.09. The van der Waals surface area contributed by atoms with Crippen LogP contribution in [0.5, 0.6) is 0 Å². The fraction of sp³-hybridized carbons (Fsp3) is 0.667. The number of carbonyl (C=O) groups is 1. The summed E-state index contributed by atoms with van der Waals surface area (Å²) in [6.45, 7) is 2.02. The van der Waals surface area contributed by atoms with E-state index in [4.69, 9.17) is 0 Å². The van der Waals surface area contributed by atoms with E-state index in [1.165, 1.54) is 0 Å². The minimum absolute atomic E-state index is 0.196. The number of rotatable bonds is 3. The van der Waals surface area contributed by atoms with Crippen LogP contribution in [-0.4, -0.2) is 11.9 Å². The van der Waals surface area contributed by atoms with Crippen molar-refractivity contribution in [2.24, 2.45) is 0 Å².